The maximum Gasteiger partial charge on any atom is 0.186 e. The minimum absolute atomic E-state index is 0.0289. The second-order valence-electron chi connectivity index (χ2n) is 4.35. The molecule has 0 spiro atoms. The SMILES string of the molecule is CCCC(O)C(=O)C1=CCCCCCC1. The molecule has 0 saturated carbocycles. The lowest BCUT2D eigenvalue weighted by Gasteiger charge is -2.13. The first-order valence-electron chi connectivity index (χ1n) is 6.17. The van der Waals surface area contributed by atoms with Gasteiger partial charge in [0.25, 0.3) is 0 Å². The number of hydrogen-bond acceptors (Lipinski definition) is 2. The van der Waals surface area contributed by atoms with Crippen molar-refractivity contribution in [1.29, 1.82) is 0 Å². The Morgan fingerprint density at radius 1 is 1.40 bits per heavy atom. The molecule has 2 heteroatoms. The van der Waals surface area contributed by atoms with Crippen LogP contribution in [0.2, 0.25) is 0 Å². The van der Waals surface area contributed by atoms with E-state index in [0.717, 1.165) is 31.3 Å². The number of allylic oxidation sites excluding steroid dienone is 1. The molecule has 0 aromatic carbocycles. The Hall–Kier alpha value is -0.630. The van der Waals surface area contributed by atoms with Crippen molar-refractivity contribution in [2.24, 2.45) is 0 Å². The van der Waals surface area contributed by atoms with Crippen molar-refractivity contribution in [2.75, 3.05) is 0 Å². The van der Waals surface area contributed by atoms with E-state index in [9.17, 15) is 9.90 Å². The molecule has 15 heavy (non-hydrogen) atoms. The summed E-state index contributed by atoms with van der Waals surface area (Å²) in [5.74, 6) is -0.0289. The van der Waals surface area contributed by atoms with E-state index in [4.69, 9.17) is 0 Å². The van der Waals surface area contributed by atoms with Crippen molar-refractivity contribution in [3.8, 4) is 0 Å². The van der Waals surface area contributed by atoms with Gasteiger partial charge in [-0.25, -0.2) is 0 Å². The van der Waals surface area contributed by atoms with Gasteiger partial charge in [0.15, 0.2) is 5.78 Å². The smallest absolute Gasteiger partial charge is 0.186 e. The van der Waals surface area contributed by atoms with Gasteiger partial charge in [-0.05, 0) is 37.7 Å². The number of hydrogen-bond donors (Lipinski definition) is 1. The summed E-state index contributed by atoms with van der Waals surface area (Å²) in [6, 6.07) is 0. The highest BCUT2D eigenvalue weighted by Gasteiger charge is 2.18. The highest BCUT2D eigenvalue weighted by atomic mass is 16.3. The number of ketones is 1. The Balaban J connectivity index is 2.55. The van der Waals surface area contributed by atoms with Gasteiger partial charge >= 0.3 is 0 Å². The molecular weight excluding hydrogens is 188 g/mol. The molecule has 2 nitrogen and oxygen atoms in total. The van der Waals surface area contributed by atoms with Gasteiger partial charge in [0, 0.05) is 0 Å². The maximum atomic E-state index is 11.8. The number of carbonyl (C=O) groups excluding carboxylic acids is 1. The fourth-order valence-electron chi connectivity index (χ4n) is 2.03. The quantitative estimate of drug-likeness (QED) is 0.774. The molecule has 0 saturated heterocycles. The molecule has 1 aliphatic rings. The lowest BCUT2D eigenvalue weighted by Crippen LogP contribution is -2.22. The number of rotatable bonds is 4. The van der Waals surface area contributed by atoms with Crippen molar-refractivity contribution >= 4 is 5.78 Å². The molecule has 0 fully saturated rings. The highest BCUT2D eigenvalue weighted by molar-refractivity contribution is 5.98. The number of Topliss-reactive ketones (excluding diaryl/α,β-unsaturated/α-hetero) is 1. The molecule has 1 unspecified atom stereocenters. The number of carbonyl (C=O) groups is 1. The molecule has 0 radical (unpaired) electrons. The van der Waals surface area contributed by atoms with Crippen LogP contribution in [0.3, 0.4) is 0 Å². The normalized spacial score (nSPS) is 20.0. The van der Waals surface area contributed by atoms with Crippen LogP contribution in [0.5, 0.6) is 0 Å². The average Bonchev–Trinajstić information content (AvgIpc) is 2.16. The summed E-state index contributed by atoms with van der Waals surface area (Å²) < 4.78 is 0. The standard InChI is InChI=1S/C13H22O2/c1-2-8-12(14)13(15)11-9-6-4-3-5-7-10-11/h9,12,14H,2-8,10H2,1H3. The average molecular weight is 210 g/mol. The molecule has 0 bridgehead atoms. The van der Waals surface area contributed by atoms with Crippen molar-refractivity contribution in [2.45, 2.75) is 64.4 Å². The predicted octanol–water partition coefficient (Wildman–Crippen LogP) is 3.00. The highest BCUT2D eigenvalue weighted by Crippen LogP contribution is 2.19. The van der Waals surface area contributed by atoms with Crippen molar-refractivity contribution in [3.05, 3.63) is 11.6 Å². The van der Waals surface area contributed by atoms with Crippen LogP contribution in [0.25, 0.3) is 0 Å². The number of aliphatic hydroxyl groups is 1. The first kappa shape index (κ1) is 12.4. The zero-order valence-electron chi connectivity index (χ0n) is 9.67. The van der Waals surface area contributed by atoms with E-state index in [1.54, 1.807) is 0 Å². The van der Waals surface area contributed by atoms with E-state index < -0.39 is 6.10 Å². The third kappa shape index (κ3) is 4.17. The van der Waals surface area contributed by atoms with Gasteiger partial charge in [0.2, 0.25) is 0 Å². The Kier molecular flexibility index (Phi) is 5.62. The van der Waals surface area contributed by atoms with Crippen molar-refractivity contribution in [1.82, 2.24) is 0 Å². The summed E-state index contributed by atoms with van der Waals surface area (Å²) in [7, 11) is 0. The first-order chi connectivity index (χ1) is 7.25. The van der Waals surface area contributed by atoms with Crippen LogP contribution in [0, 0.1) is 0 Å². The van der Waals surface area contributed by atoms with Gasteiger partial charge in [0.05, 0.1) is 0 Å². The third-order valence-electron chi connectivity index (χ3n) is 2.97. The molecule has 0 amide bonds. The van der Waals surface area contributed by atoms with Gasteiger partial charge < -0.3 is 5.11 Å². The lowest BCUT2D eigenvalue weighted by molar-refractivity contribution is -0.123. The van der Waals surface area contributed by atoms with Crippen LogP contribution in [-0.2, 0) is 4.79 Å². The fraction of sp³-hybridized carbons (Fsp3) is 0.769. The van der Waals surface area contributed by atoms with Gasteiger partial charge in [-0.3, -0.25) is 4.79 Å². The van der Waals surface area contributed by atoms with Gasteiger partial charge in [-0.2, -0.15) is 0 Å². The number of aliphatic hydroxyl groups excluding tert-OH is 1. The molecule has 86 valence electrons. The zero-order valence-corrected chi connectivity index (χ0v) is 9.67. The van der Waals surface area contributed by atoms with Crippen LogP contribution in [0.15, 0.2) is 11.6 Å². The largest absolute Gasteiger partial charge is 0.385 e. The van der Waals surface area contributed by atoms with Crippen LogP contribution in [0.4, 0.5) is 0 Å². The van der Waals surface area contributed by atoms with E-state index >= 15 is 0 Å². The molecule has 1 aliphatic carbocycles. The van der Waals surface area contributed by atoms with Crippen molar-refractivity contribution < 1.29 is 9.90 Å². The van der Waals surface area contributed by atoms with E-state index in [-0.39, 0.29) is 5.78 Å². The van der Waals surface area contributed by atoms with Crippen LogP contribution < -0.4 is 0 Å². The molecule has 0 aromatic rings. The van der Waals surface area contributed by atoms with Gasteiger partial charge in [0.1, 0.15) is 6.10 Å². The molecule has 1 atom stereocenters. The van der Waals surface area contributed by atoms with E-state index in [1.807, 2.05) is 13.0 Å². The summed E-state index contributed by atoms with van der Waals surface area (Å²) in [6.07, 6.45) is 9.36. The second-order valence-corrected chi connectivity index (χ2v) is 4.35. The van der Waals surface area contributed by atoms with Crippen LogP contribution in [-0.4, -0.2) is 17.0 Å². The third-order valence-corrected chi connectivity index (χ3v) is 2.97. The summed E-state index contributed by atoms with van der Waals surface area (Å²) in [4.78, 5) is 11.8. The molecule has 1 N–H and O–H groups in total. The summed E-state index contributed by atoms with van der Waals surface area (Å²) in [5.41, 5.74) is 0.871. The summed E-state index contributed by atoms with van der Waals surface area (Å²) >= 11 is 0. The topological polar surface area (TPSA) is 37.3 Å². The van der Waals surface area contributed by atoms with Crippen LogP contribution in [0.1, 0.15) is 58.3 Å². The van der Waals surface area contributed by atoms with E-state index in [1.165, 1.54) is 19.3 Å². The Bertz CT molecular complexity index is 231. The summed E-state index contributed by atoms with van der Waals surface area (Å²) in [6.45, 7) is 1.99. The summed E-state index contributed by atoms with van der Waals surface area (Å²) in [5, 5.41) is 9.64. The first-order valence-corrected chi connectivity index (χ1v) is 6.17. The Morgan fingerprint density at radius 2 is 2.13 bits per heavy atom. The van der Waals surface area contributed by atoms with E-state index in [0.29, 0.717) is 6.42 Å². The zero-order chi connectivity index (χ0) is 11.1. The molecule has 0 aromatic heterocycles. The molecule has 1 rings (SSSR count). The lowest BCUT2D eigenvalue weighted by atomic mass is 9.94. The van der Waals surface area contributed by atoms with Gasteiger partial charge in [-0.1, -0.05) is 32.3 Å². The van der Waals surface area contributed by atoms with Crippen LogP contribution >= 0.6 is 0 Å². The molecule has 0 heterocycles. The Labute approximate surface area is 92.4 Å². The Morgan fingerprint density at radius 3 is 2.87 bits per heavy atom. The second kappa shape index (κ2) is 6.78. The van der Waals surface area contributed by atoms with E-state index in [2.05, 4.69) is 0 Å². The monoisotopic (exact) mass is 210 g/mol. The minimum Gasteiger partial charge on any atom is -0.385 e. The molecule has 0 aliphatic heterocycles. The van der Waals surface area contributed by atoms with Crippen molar-refractivity contribution in [3.63, 3.8) is 0 Å². The fourth-order valence-corrected chi connectivity index (χ4v) is 2.03. The predicted molar refractivity (Wildman–Crippen MR) is 61.7 cm³/mol. The minimum atomic E-state index is -0.763. The molecular formula is C13H22O2. The van der Waals surface area contributed by atoms with Gasteiger partial charge in [-0.15, -0.1) is 0 Å². The maximum absolute atomic E-state index is 11.8.